The number of ether oxygens (including phenoxy) is 1. The molecule has 4 heterocycles. The zero-order chi connectivity index (χ0) is 26.1. The van der Waals surface area contributed by atoms with E-state index in [0.717, 1.165) is 28.1 Å². The lowest BCUT2D eigenvalue weighted by molar-refractivity contribution is -0.145. The minimum absolute atomic E-state index is 0.266. The molecule has 0 saturated carbocycles. The summed E-state index contributed by atoms with van der Waals surface area (Å²) in [6.45, 7) is 6.85. The Kier molecular flexibility index (Phi) is 6.07. The van der Waals surface area contributed by atoms with E-state index in [2.05, 4.69) is 31.7 Å². The third-order valence-corrected chi connectivity index (χ3v) is 5.74. The number of hydrogen-bond donors (Lipinski definition) is 1. The molecule has 0 fully saturated rings. The number of rotatable bonds is 6. The van der Waals surface area contributed by atoms with Gasteiger partial charge in [0.05, 0.1) is 16.7 Å². The summed E-state index contributed by atoms with van der Waals surface area (Å²) < 4.78 is 8.86. The fourth-order valence-electron chi connectivity index (χ4n) is 4.01. The standard InChI is InChI=1S/C26H23N9O2/c1-15-5-9-24(32-31-15)29-19-6-8-23-22(12-19)28-14-34(23)25-10-7-21(17(3)37-18(4)36)26(30-25)35-16(2)11-20(13-27)33-35/h5-12,14,17H,1-4H3,(H,29,32)/t17-/m0/s1. The number of carbonyl (C=O) groups is 1. The molecule has 1 atom stereocenters. The van der Waals surface area contributed by atoms with Gasteiger partial charge >= 0.3 is 5.97 Å². The fraction of sp³-hybridized carbons (Fsp3) is 0.192. The molecule has 5 rings (SSSR count). The van der Waals surface area contributed by atoms with Gasteiger partial charge in [0.1, 0.15) is 24.3 Å². The molecule has 37 heavy (non-hydrogen) atoms. The predicted octanol–water partition coefficient (Wildman–Crippen LogP) is 4.25. The lowest BCUT2D eigenvalue weighted by Gasteiger charge is -2.18. The number of carbonyl (C=O) groups excluding carboxylic acids is 1. The third-order valence-electron chi connectivity index (χ3n) is 5.74. The molecule has 0 amide bonds. The summed E-state index contributed by atoms with van der Waals surface area (Å²) in [4.78, 5) is 21.0. The van der Waals surface area contributed by atoms with Crippen molar-refractivity contribution < 1.29 is 9.53 Å². The number of nitrogens with one attached hydrogen (secondary N) is 1. The summed E-state index contributed by atoms with van der Waals surface area (Å²) in [6, 6.07) is 16.9. The van der Waals surface area contributed by atoms with Crippen LogP contribution >= 0.6 is 0 Å². The second kappa shape index (κ2) is 9.50. The van der Waals surface area contributed by atoms with Crippen molar-refractivity contribution in [3.05, 3.63) is 77.5 Å². The Balaban J connectivity index is 1.55. The van der Waals surface area contributed by atoms with Crippen molar-refractivity contribution in [2.24, 2.45) is 0 Å². The zero-order valence-corrected chi connectivity index (χ0v) is 20.7. The van der Waals surface area contributed by atoms with Crippen molar-refractivity contribution in [3.63, 3.8) is 0 Å². The van der Waals surface area contributed by atoms with E-state index in [9.17, 15) is 10.1 Å². The molecule has 1 N–H and O–H groups in total. The lowest BCUT2D eigenvalue weighted by Crippen LogP contribution is -2.13. The highest BCUT2D eigenvalue weighted by molar-refractivity contribution is 5.82. The normalized spacial score (nSPS) is 11.8. The smallest absolute Gasteiger partial charge is 0.303 e. The second-order valence-electron chi connectivity index (χ2n) is 8.53. The van der Waals surface area contributed by atoms with Gasteiger partial charge < -0.3 is 10.1 Å². The first-order chi connectivity index (χ1) is 17.8. The minimum Gasteiger partial charge on any atom is -0.458 e. The number of nitrogens with zero attached hydrogens (tertiary/aromatic N) is 8. The Morgan fingerprint density at radius 3 is 2.65 bits per heavy atom. The van der Waals surface area contributed by atoms with Crippen LogP contribution in [0.2, 0.25) is 0 Å². The van der Waals surface area contributed by atoms with E-state index in [1.54, 1.807) is 24.0 Å². The molecule has 0 spiro atoms. The molecule has 0 aliphatic carbocycles. The van der Waals surface area contributed by atoms with Crippen LogP contribution in [0.1, 0.15) is 42.6 Å². The average molecular weight is 494 g/mol. The Morgan fingerprint density at radius 1 is 1.11 bits per heavy atom. The van der Waals surface area contributed by atoms with Crippen molar-refractivity contribution in [3.8, 4) is 17.7 Å². The third kappa shape index (κ3) is 4.72. The van der Waals surface area contributed by atoms with Gasteiger partial charge in [-0.2, -0.15) is 15.5 Å². The summed E-state index contributed by atoms with van der Waals surface area (Å²) in [7, 11) is 0. The van der Waals surface area contributed by atoms with Crippen LogP contribution in [0.4, 0.5) is 11.5 Å². The minimum atomic E-state index is -0.568. The van der Waals surface area contributed by atoms with Gasteiger partial charge in [0.15, 0.2) is 17.3 Å². The molecule has 11 nitrogen and oxygen atoms in total. The number of aromatic nitrogens is 7. The maximum absolute atomic E-state index is 11.6. The van der Waals surface area contributed by atoms with Crippen LogP contribution in [0.3, 0.4) is 0 Å². The van der Waals surface area contributed by atoms with E-state index in [1.165, 1.54) is 6.92 Å². The molecule has 0 unspecified atom stereocenters. The van der Waals surface area contributed by atoms with Crippen LogP contribution < -0.4 is 5.32 Å². The van der Waals surface area contributed by atoms with Gasteiger partial charge in [-0.05, 0) is 69.3 Å². The molecular weight excluding hydrogens is 470 g/mol. The molecule has 0 bridgehead atoms. The molecule has 11 heteroatoms. The molecule has 1 aromatic carbocycles. The Labute approximate surface area is 212 Å². The molecule has 0 aliphatic heterocycles. The highest BCUT2D eigenvalue weighted by atomic mass is 16.5. The number of imidazole rings is 1. The molecular formula is C26H23N9O2. The van der Waals surface area contributed by atoms with E-state index in [-0.39, 0.29) is 5.69 Å². The molecule has 5 aromatic rings. The average Bonchev–Trinajstić information content (AvgIpc) is 3.47. The van der Waals surface area contributed by atoms with E-state index >= 15 is 0 Å². The van der Waals surface area contributed by atoms with Gasteiger partial charge in [0.2, 0.25) is 0 Å². The molecule has 0 radical (unpaired) electrons. The number of aryl methyl sites for hydroxylation is 2. The highest BCUT2D eigenvalue weighted by Crippen LogP contribution is 2.28. The van der Waals surface area contributed by atoms with Gasteiger partial charge in [-0.15, -0.1) is 5.10 Å². The van der Waals surface area contributed by atoms with Crippen LogP contribution in [0, 0.1) is 25.2 Å². The van der Waals surface area contributed by atoms with Gasteiger partial charge in [0.25, 0.3) is 0 Å². The Morgan fingerprint density at radius 2 is 1.95 bits per heavy atom. The maximum Gasteiger partial charge on any atom is 0.303 e. The maximum atomic E-state index is 11.6. The first-order valence-corrected chi connectivity index (χ1v) is 11.5. The van der Waals surface area contributed by atoms with Crippen LogP contribution in [0.5, 0.6) is 0 Å². The predicted molar refractivity (Wildman–Crippen MR) is 136 cm³/mol. The van der Waals surface area contributed by atoms with Crippen LogP contribution in [0.15, 0.2) is 54.9 Å². The fourth-order valence-corrected chi connectivity index (χ4v) is 4.01. The molecule has 0 saturated heterocycles. The largest absolute Gasteiger partial charge is 0.458 e. The van der Waals surface area contributed by atoms with Crippen LogP contribution in [-0.2, 0) is 9.53 Å². The quantitative estimate of drug-likeness (QED) is 0.344. The van der Waals surface area contributed by atoms with Crippen molar-refractivity contribution >= 4 is 28.5 Å². The zero-order valence-electron chi connectivity index (χ0n) is 20.7. The first-order valence-electron chi connectivity index (χ1n) is 11.5. The highest BCUT2D eigenvalue weighted by Gasteiger charge is 2.20. The van der Waals surface area contributed by atoms with E-state index < -0.39 is 12.1 Å². The second-order valence-corrected chi connectivity index (χ2v) is 8.53. The number of fused-ring (bicyclic) bond motifs is 1. The van der Waals surface area contributed by atoms with Gasteiger partial charge in [-0.25, -0.2) is 14.6 Å². The monoisotopic (exact) mass is 493 g/mol. The number of benzene rings is 1. The number of hydrogen-bond acceptors (Lipinski definition) is 9. The van der Waals surface area contributed by atoms with Crippen LogP contribution in [-0.4, -0.2) is 40.5 Å². The number of anilines is 2. The van der Waals surface area contributed by atoms with E-state index in [1.807, 2.05) is 60.9 Å². The molecule has 0 aliphatic rings. The number of esters is 1. The topological polar surface area (TPSA) is 136 Å². The van der Waals surface area contributed by atoms with Gasteiger partial charge in [-0.1, -0.05) is 0 Å². The lowest BCUT2D eigenvalue weighted by atomic mass is 10.1. The Hall–Kier alpha value is -5.11. The van der Waals surface area contributed by atoms with E-state index in [4.69, 9.17) is 9.72 Å². The van der Waals surface area contributed by atoms with Gasteiger partial charge in [-0.3, -0.25) is 9.36 Å². The summed E-state index contributed by atoms with van der Waals surface area (Å²) in [5.74, 6) is 1.29. The number of nitriles is 1. The number of pyridine rings is 1. The van der Waals surface area contributed by atoms with Gasteiger partial charge in [0, 0.05) is 23.9 Å². The molecule has 4 aromatic heterocycles. The Bertz CT molecular complexity index is 1660. The summed E-state index contributed by atoms with van der Waals surface area (Å²) in [6.07, 6.45) is 1.12. The SMILES string of the molecule is CC(=O)O[C@@H](C)c1ccc(-n2cnc3cc(Nc4ccc(C)nn4)ccc32)nc1-n1nc(C#N)cc1C. The molecule has 184 valence electrons. The summed E-state index contributed by atoms with van der Waals surface area (Å²) in [5.41, 5.74) is 4.91. The summed E-state index contributed by atoms with van der Waals surface area (Å²) in [5, 5.41) is 25.1. The van der Waals surface area contributed by atoms with Crippen molar-refractivity contribution in [1.29, 1.82) is 5.26 Å². The van der Waals surface area contributed by atoms with E-state index in [0.29, 0.717) is 23.0 Å². The summed E-state index contributed by atoms with van der Waals surface area (Å²) >= 11 is 0. The van der Waals surface area contributed by atoms with Crippen molar-refractivity contribution in [2.45, 2.75) is 33.8 Å². The van der Waals surface area contributed by atoms with Crippen LogP contribution in [0.25, 0.3) is 22.7 Å². The van der Waals surface area contributed by atoms with Crippen molar-refractivity contribution in [1.82, 2.24) is 34.5 Å². The van der Waals surface area contributed by atoms with Crippen molar-refractivity contribution in [2.75, 3.05) is 5.32 Å². The first kappa shape index (κ1) is 23.6.